The maximum Gasteiger partial charge on any atom is 0.196 e. The Morgan fingerprint density at radius 1 is 1.04 bits per heavy atom. The monoisotopic (exact) mass is 321 g/mol. The van der Waals surface area contributed by atoms with Crippen LogP contribution >= 0.6 is 11.8 Å². The summed E-state index contributed by atoms with van der Waals surface area (Å²) < 4.78 is 2.05. The normalized spacial score (nSPS) is 10.4. The van der Waals surface area contributed by atoms with Crippen LogP contribution in [0.1, 0.15) is 12.8 Å². The molecule has 0 amide bonds. The lowest BCUT2D eigenvalue weighted by atomic mass is 10.2. The molecule has 0 radical (unpaired) electrons. The molecule has 0 bridgehead atoms. The molecule has 0 fully saturated rings. The molecule has 0 atom stereocenters. The summed E-state index contributed by atoms with van der Waals surface area (Å²) in [6, 6.07) is 16.1. The molecule has 114 valence electrons. The highest BCUT2D eigenvalue weighted by atomic mass is 32.2. The van der Waals surface area contributed by atoms with Crippen molar-refractivity contribution in [3.8, 4) is 23.1 Å². The molecule has 0 aliphatic heterocycles. The molecule has 0 saturated heterocycles. The number of nitrogens with zero attached hydrogens (tertiary/aromatic N) is 5. The van der Waals surface area contributed by atoms with Crippen molar-refractivity contribution < 1.29 is 0 Å². The molecular weight excluding hydrogens is 306 g/mol. The third-order valence-corrected chi connectivity index (χ3v) is 4.27. The molecule has 0 aliphatic carbocycles. The fraction of sp³-hybridized carbons (Fsp3) is 0.176. The second-order valence-electron chi connectivity index (χ2n) is 4.82. The molecule has 0 saturated carbocycles. The van der Waals surface area contributed by atoms with Gasteiger partial charge in [0, 0.05) is 35.8 Å². The van der Waals surface area contributed by atoms with Gasteiger partial charge in [-0.3, -0.25) is 9.55 Å². The van der Waals surface area contributed by atoms with Gasteiger partial charge < -0.3 is 0 Å². The van der Waals surface area contributed by atoms with E-state index in [0.29, 0.717) is 6.42 Å². The Labute approximate surface area is 139 Å². The highest BCUT2D eigenvalue weighted by Gasteiger charge is 2.15. The Morgan fingerprint density at radius 2 is 1.83 bits per heavy atom. The molecule has 0 unspecified atom stereocenters. The number of hydrogen-bond acceptors (Lipinski definition) is 5. The number of nitriles is 1. The summed E-state index contributed by atoms with van der Waals surface area (Å²) >= 11 is 1.62. The number of benzene rings is 1. The maximum atomic E-state index is 8.65. The fourth-order valence-corrected chi connectivity index (χ4v) is 3.07. The van der Waals surface area contributed by atoms with E-state index < -0.39 is 0 Å². The van der Waals surface area contributed by atoms with Gasteiger partial charge in [-0.15, -0.1) is 10.2 Å². The predicted octanol–water partition coefficient (Wildman–Crippen LogP) is 3.73. The van der Waals surface area contributed by atoms with E-state index in [1.165, 1.54) is 0 Å². The molecule has 2 aromatic heterocycles. The van der Waals surface area contributed by atoms with Crippen molar-refractivity contribution in [3.63, 3.8) is 0 Å². The van der Waals surface area contributed by atoms with Gasteiger partial charge in [0.15, 0.2) is 11.0 Å². The summed E-state index contributed by atoms with van der Waals surface area (Å²) in [5.74, 6) is 1.64. The van der Waals surface area contributed by atoms with Crippen molar-refractivity contribution in [3.05, 3.63) is 54.9 Å². The molecule has 0 spiro atoms. The Kier molecular flexibility index (Phi) is 5.02. The second kappa shape index (κ2) is 7.56. The van der Waals surface area contributed by atoms with Crippen LogP contribution in [0.15, 0.2) is 60.0 Å². The van der Waals surface area contributed by atoms with Crippen molar-refractivity contribution in [1.29, 1.82) is 5.26 Å². The molecule has 2 heterocycles. The first kappa shape index (κ1) is 15.3. The zero-order valence-electron chi connectivity index (χ0n) is 12.5. The first-order valence-corrected chi connectivity index (χ1v) is 8.29. The van der Waals surface area contributed by atoms with E-state index >= 15 is 0 Å². The van der Waals surface area contributed by atoms with E-state index in [1.54, 1.807) is 24.2 Å². The van der Waals surface area contributed by atoms with Gasteiger partial charge in [0.1, 0.15) is 0 Å². The molecule has 1 aromatic carbocycles. The lowest BCUT2D eigenvalue weighted by molar-refractivity contribution is 0.880. The van der Waals surface area contributed by atoms with Gasteiger partial charge in [-0.1, -0.05) is 30.0 Å². The average Bonchev–Trinajstić information content (AvgIpc) is 3.04. The van der Waals surface area contributed by atoms with Gasteiger partial charge in [0.25, 0.3) is 0 Å². The average molecular weight is 321 g/mol. The standard InChI is InChI=1S/C17H15N5S/c18-10-4-5-13-23-17-21-20-16(14-8-11-19-12-9-14)22(17)15-6-2-1-3-7-15/h1-3,6-9,11-12H,4-5,13H2. The molecule has 5 nitrogen and oxygen atoms in total. The van der Waals surface area contributed by atoms with Crippen LogP contribution in [-0.4, -0.2) is 25.5 Å². The quantitative estimate of drug-likeness (QED) is 0.511. The molecule has 23 heavy (non-hydrogen) atoms. The van der Waals surface area contributed by atoms with E-state index in [1.807, 2.05) is 47.0 Å². The van der Waals surface area contributed by atoms with Gasteiger partial charge in [-0.2, -0.15) is 5.26 Å². The maximum absolute atomic E-state index is 8.65. The summed E-state index contributed by atoms with van der Waals surface area (Å²) in [5.41, 5.74) is 1.99. The minimum Gasteiger partial charge on any atom is -0.270 e. The van der Waals surface area contributed by atoms with Crippen molar-refractivity contribution in [1.82, 2.24) is 19.7 Å². The van der Waals surface area contributed by atoms with E-state index in [4.69, 9.17) is 5.26 Å². The zero-order chi connectivity index (χ0) is 15.9. The third kappa shape index (κ3) is 3.58. The van der Waals surface area contributed by atoms with Crippen LogP contribution in [0.5, 0.6) is 0 Å². The van der Waals surface area contributed by atoms with E-state index in [2.05, 4.69) is 21.3 Å². The first-order valence-electron chi connectivity index (χ1n) is 7.31. The zero-order valence-corrected chi connectivity index (χ0v) is 13.3. The highest BCUT2D eigenvalue weighted by molar-refractivity contribution is 7.99. The number of para-hydroxylation sites is 1. The van der Waals surface area contributed by atoms with Gasteiger partial charge in [-0.05, 0) is 30.7 Å². The minimum absolute atomic E-state index is 0.559. The smallest absolute Gasteiger partial charge is 0.196 e. The van der Waals surface area contributed by atoms with Crippen LogP contribution in [0.2, 0.25) is 0 Å². The Morgan fingerprint density at radius 3 is 2.57 bits per heavy atom. The summed E-state index contributed by atoms with van der Waals surface area (Å²) in [6.07, 6.45) is 4.90. The van der Waals surface area contributed by atoms with Gasteiger partial charge >= 0.3 is 0 Å². The molecule has 0 aliphatic rings. The summed E-state index contributed by atoms with van der Waals surface area (Å²) in [4.78, 5) is 4.06. The minimum atomic E-state index is 0.559. The number of rotatable bonds is 6. The van der Waals surface area contributed by atoms with Crippen LogP contribution in [0.4, 0.5) is 0 Å². The highest BCUT2D eigenvalue weighted by Crippen LogP contribution is 2.27. The third-order valence-electron chi connectivity index (χ3n) is 3.25. The first-order chi connectivity index (χ1) is 11.4. The molecule has 6 heteroatoms. The molecule has 0 N–H and O–H groups in total. The van der Waals surface area contributed by atoms with Crippen molar-refractivity contribution in [2.24, 2.45) is 0 Å². The molecular formula is C17H15N5S. The van der Waals surface area contributed by atoms with Crippen LogP contribution < -0.4 is 0 Å². The number of pyridine rings is 1. The Bertz CT molecular complexity index is 793. The van der Waals surface area contributed by atoms with E-state index in [-0.39, 0.29) is 0 Å². The largest absolute Gasteiger partial charge is 0.270 e. The van der Waals surface area contributed by atoms with Crippen LogP contribution in [0, 0.1) is 11.3 Å². The van der Waals surface area contributed by atoms with E-state index in [9.17, 15) is 0 Å². The Hall–Kier alpha value is -2.65. The molecule has 3 rings (SSSR count). The fourth-order valence-electron chi connectivity index (χ4n) is 2.18. The van der Waals surface area contributed by atoms with Crippen molar-refractivity contribution >= 4 is 11.8 Å². The topological polar surface area (TPSA) is 67.4 Å². The van der Waals surface area contributed by atoms with Gasteiger partial charge in [0.2, 0.25) is 0 Å². The summed E-state index contributed by atoms with van der Waals surface area (Å²) in [7, 11) is 0. The molecule has 3 aromatic rings. The van der Waals surface area contributed by atoms with Gasteiger partial charge in [0.05, 0.1) is 6.07 Å². The summed E-state index contributed by atoms with van der Waals surface area (Å²) in [5, 5.41) is 18.2. The number of aromatic nitrogens is 4. The SMILES string of the molecule is N#CCCCSc1nnc(-c2ccncc2)n1-c1ccccc1. The predicted molar refractivity (Wildman–Crippen MR) is 90.2 cm³/mol. The van der Waals surface area contributed by atoms with Crippen LogP contribution in [0.25, 0.3) is 17.1 Å². The second-order valence-corrected chi connectivity index (χ2v) is 5.89. The van der Waals surface area contributed by atoms with Gasteiger partial charge in [-0.25, -0.2) is 0 Å². The lowest BCUT2D eigenvalue weighted by Gasteiger charge is -2.09. The van der Waals surface area contributed by atoms with Crippen LogP contribution in [0.3, 0.4) is 0 Å². The van der Waals surface area contributed by atoms with Crippen molar-refractivity contribution in [2.75, 3.05) is 5.75 Å². The lowest BCUT2D eigenvalue weighted by Crippen LogP contribution is -1.99. The number of unbranched alkanes of at least 4 members (excludes halogenated alkanes) is 1. The Balaban J connectivity index is 1.98. The number of thioether (sulfide) groups is 1. The number of hydrogen-bond donors (Lipinski definition) is 0. The van der Waals surface area contributed by atoms with Crippen LogP contribution in [-0.2, 0) is 0 Å². The van der Waals surface area contributed by atoms with E-state index in [0.717, 1.165) is 34.4 Å². The summed E-state index contributed by atoms with van der Waals surface area (Å²) in [6.45, 7) is 0. The van der Waals surface area contributed by atoms with Crippen molar-refractivity contribution in [2.45, 2.75) is 18.0 Å².